The van der Waals surface area contributed by atoms with Gasteiger partial charge in [-0.05, 0) is 30.7 Å². The molecule has 0 saturated heterocycles. The Labute approximate surface area is 145 Å². The lowest BCUT2D eigenvalue weighted by Crippen LogP contribution is -2.12. The number of anilines is 1. The molecule has 1 aromatic carbocycles. The molecule has 0 amide bonds. The molecular formula is C16H12F3N5O2. The van der Waals surface area contributed by atoms with Gasteiger partial charge in [0.15, 0.2) is 5.65 Å². The summed E-state index contributed by atoms with van der Waals surface area (Å²) < 4.78 is 39.1. The van der Waals surface area contributed by atoms with Gasteiger partial charge >= 0.3 is 6.18 Å². The maximum absolute atomic E-state index is 13.0. The van der Waals surface area contributed by atoms with Gasteiger partial charge in [-0.25, -0.2) is 15.0 Å². The van der Waals surface area contributed by atoms with Gasteiger partial charge in [-0.1, -0.05) is 0 Å². The number of nitrogens with one attached hydrogen (secondary N) is 1. The molecule has 26 heavy (non-hydrogen) atoms. The fourth-order valence-corrected chi connectivity index (χ4v) is 2.45. The standard InChI is InChI=1S/C16H12F3N5O2/c1-9(23-15-13-3-2-4-20-14(13)21-8-22-15)10-5-11(16(17,18)19)7-12(6-10)24(25)26/h2-9H,1H3,(H,20,21,22,23). The van der Waals surface area contributed by atoms with Gasteiger partial charge in [-0.3, -0.25) is 10.1 Å². The summed E-state index contributed by atoms with van der Waals surface area (Å²) in [4.78, 5) is 22.3. The molecule has 0 bridgehead atoms. The second-order valence-electron chi connectivity index (χ2n) is 5.53. The topological polar surface area (TPSA) is 93.8 Å². The highest BCUT2D eigenvalue weighted by atomic mass is 19.4. The summed E-state index contributed by atoms with van der Waals surface area (Å²) >= 11 is 0. The zero-order valence-corrected chi connectivity index (χ0v) is 13.4. The number of hydrogen-bond donors (Lipinski definition) is 1. The first-order chi connectivity index (χ1) is 12.3. The Hall–Kier alpha value is -3.30. The predicted octanol–water partition coefficient (Wildman–Crippen LogP) is 4.12. The molecule has 1 unspecified atom stereocenters. The average molecular weight is 363 g/mol. The van der Waals surface area contributed by atoms with Gasteiger partial charge in [0.2, 0.25) is 0 Å². The van der Waals surface area contributed by atoms with E-state index < -0.39 is 28.4 Å². The molecule has 0 aliphatic carbocycles. The van der Waals surface area contributed by atoms with E-state index in [9.17, 15) is 23.3 Å². The minimum absolute atomic E-state index is 0.113. The highest BCUT2D eigenvalue weighted by Crippen LogP contribution is 2.34. The van der Waals surface area contributed by atoms with Crippen molar-refractivity contribution < 1.29 is 18.1 Å². The third-order valence-corrected chi connectivity index (χ3v) is 3.74. The number of alkyl halides is 3. The van der Waals surface area contributed by atoms with Gasteiger partial charge in [-0.2, -0.15) is 13.2 Å². The zero-order chi connectivity index (χ0) is 18.9. The predicted molar refractivity (Wildman–Crippen MR) is 87.5 cm³/mol. The van der Waals surface area contributed by atoms with E-state index in [1.54, 1.807) is 25.3 Å². The summed E-state index contributed by atoms with van der Waals surface area (Å²) in [6.45, 7) is 1.59. The number of aromatic nitrogens is 3. The third kappa shape index (κ3) is 3.53. The van der Waals surface area contributed by atoms with Crippen LogP contribution in [0.1, 0.15) is 24.1 Å². The molecule has 1 atom stereocenters. The fourth-order valence-electron chi connectivity index (χ4n) is 2.45. The molecule has 7 nitrogen and oxygen atoms in total. The SMILES string of the molecule is CC(Nc1ncnc2ncccc12)c1cc([N+](=O)[O-])cc(C(F)(F)F)c1. The van der Waals surface area contributed by atoms with Crippen LogP contribution in [0.2, 0.25) is 0 Å². The molecule has 0 aliphatic rings. The normalized spacial score (nSPS) is 12.8. The van der Waals surface area contributed by atoms with Crippen LogP contribution in [0.25, 0.3) is 11.0 Å². The largest absolute Gasteiger partial charge is 0.416 e. The summed E-state index contributed by atoms with van der Waals surface area (Å²) in [6.07, 6.45) is -1.86. The lowest BCUT2D eigenvalue weighted by molar-refractivity contribution is -0.385. The molecule has 0 aliphatic heterocycles. The summed E-state index contributed by atoms with van der Waals surface area (Å²) in [5, 5.41) is 14.5. The first kappa shape index (κ1) is 17.5. The van der Waals surface area contributed by atoms with Crippen LogP contribution in [0.3, 0.4) is 0 Å². The molecule has 0 fully saturated rings. The van der Waals surface area contributed by atoms with Crippen molar-refractivity contribution in [2.24, 2.45) is 0 Å². The van der Waals surface area contributed by atoms with Crippen LogP contribution in [-0.2, 0) is 6.18 Å². The van der Waals surface area contributed by atoms with Crippen LogP contribution in [0.5, 0.6) is 0 Å². The second kappa shape index (κ2) is 6.54. The molecule has 1 N–H and O–H groups in total. The molecule has 134 valence electrons. The van der Waals surface area contributed by atoms with Gasteiger partial charge in [0.05, 0.1) is 21.9 Å². The number of non-ortho nitro benzene ring substituents is 1. The highest BCUT2D eigenvalue weighted by molar-refractivity contribution is 5.86. The van der Waals surface area contributed by atoms with E-state index in [0.717, 1.165) is 12.1 Å². The molecule has 3 aromatic rings. The van der Waals surface area contributed by atoms with E-state index in [0.29, 0.717) is 22.9 Å². The minimum Gasteiger partial charge on any atom is -0.363 e. The van der Waals surface area contributed by atoms with Gasteiger partial charge in [-0.15, -0.1) is 0 Å². The van der Waals surface area contributed by atoms with E-state index in [1.165, 1.54) is 6.33 Å². The quantitative estimate of drug-likeness (QED) is 0.553. The number of rotatable bonds is 4. The average Bonchev–Trinajstić information content (AvgIpc) is 2.61. The van der Waals surface area contributed by atoms with Crippen LogP contribution < -0.4 is 5.32 Å². The number of halogens is 3. The Balaban J connectivity index is 2.00. The second-order valence-corrected chi connectivity index (χ2v) is 5.53. The number of nitro groups is 1. The highest BCUT2D eigenvalue weighted by Gasteiger charge is 2.33. The van der Waals surface area contributed by atoms with Crippen LogP contribution in [0.15, 0.2) is 42.9 Å². The van der Waals surface area contributed by atoms with Crippen LogP contribution in [-0.4, -0.2) is 19.9 Å². The number of hydrogen-bond acceptors (Lipinski definition) is 6. The number of benzene rings is 1. The van der Waals surface area contributed by atoms with E-state index >= 15 is 0 Å². The molecular weight excluding hydrogens is 351 g/mol. The first-order valence-corrected chi connectivity index (χ1v) is 7.44. The number of fused-ring (bicyclic) bond motifs is 1. The fraction of sp³-hybridized carbons (Fsp3) is 0.188. The molecule has 2 aromatic heterocycles. The van der Waals surface area contributed by atoms with E-state index in [1.807, 2.05) is 0 Å². The Morgan fingerprint density at radius 2 is 1.96 bits per heavy atom. The van der Waals surface area contributed by atoms with E-state index in [2.05, 4.69) is 20.3 Å². The summed E-state index contributed by atoms with van der Waals surface area (Å²) in [5.74, 6) is 0.371. The van der Waals surface area contributed by atoms with Crippen molar-refractivity contribution in [3.8, 4) is 0 Å². The van der Waals surface area contributed by atoms with E-state index in [4.69, 9.17) is 0 Å². The maximum Gasteiger partial charge on any atom is 0.416 e. The molecule has 3 rings (SSSR count). The monoisotopic (exact) mass is 363 g/mol. The van der Waals surface area contributed by atoms with Crippen molar-refractivity contribution in [3.05, 3.63) is 64.1 Å². The van der Waals surface area contributed by atoms with Gasteiger partial charge in [0.1, 0.15) is 12.1 Å². The lowest BCUT2D eigenvalue weighted by atomic mass is 10.0. The Kier molecular flexibility index (Phi) is 4.41. The van der Waals surface area contributed by atoms with Crippen LogP contribution in [0.4, 0.5) is 24.7 Å². The minimum atomic E-state index is -4.69. The number of nitrogens with zero attached hydrogens (tertiary/aromatic N) is 4. The van der Waals surface area contributed by atoms with Crippen molar-refractivity contribution in [2.75, 3.05) is 5.32 Å². The van der Waals surface area contributed by atoms with Crippen molar-refractivity contribution in [1.82, 2.24) is 15.0 Å². The summed E-state index contributed by atoms with van der Waals surface area (Å²) in [5.41, 5.74) is -1.17. The van der Waals surface area contributed by atoms with Crippen LogP contribution in [0, 0.1) is 10.1 Å². The van der Waals surface area contributed by atoms with Crippen LogP contribution >= 0.6 is 0 Å². The van der Waals surface area contributed by atoms with Gasteiger partial charge in [0.25, 0.3) is 5.69 Å². The summed E-state index contributed by atoms with van der Waals surface area (Å²) in [6, 6.07) is 5.22. The maximum atomic E-state index is 13.0. The molecule has 10 heteroatoms. The number of pyridine rings is 1. The summed E-state index contributed by atoms with van der Waals surface area (Å²) in [7, 11) is 0. The molecule has 0 spiro atoms. The smallest absolute Gasteiger partial charge is 0.363 e. The van der Waals surface area contributed by atoms with Crippen molar-refractivity contribution >= 4 is 22.5 Å². The zero-order valence-electron chi connectivity index (χ0n) is 13.4. The Bertz CT molecular complexity index is 972. The van der Waals surface area contributed by atoms with Crippen molar-refractivity contribution in [3.63, 3.8) is 0 Å². The molecule has 0 radical (unpaired) electrons. The molecule has 0 saturated carbocycles. The molecule has 2 heterocycles. The Morgan fingerprint density at radius 3 is 2.65 bits per heavy atom. The third-order valence-electron chi connectivity index (χ3n) is 3.74. The van der Waals surface area contributed by atoms with Crippen molar-refractivity contribution in [1.29, 1.82) is 0 Å². The Morgan fingerprint density at radius 1 is 1.19 bits per heavy atom. The van der Waals surface area contributed by atoms with Gasteiger partial charge < -0.3 is 5.32 Å². The van der Waals surface area contributed by atoms with E-state index in [-0.39, 0.29) is 5.56 Å². The lowest BCUT2D eigenvalue weighted by Gasteiger charge is -2.17. The van der Waals surface area contributed by atoms with Crippen molar-refractivity contribution in [2.45, 2.75) is 19.1 Å². The first-order valence-electron chi connectivity index (χ1n) is 7.44. The number of nitro benzene ring substituents is 1. The van der Waals surface area contributed by atoms with Gasteiger partial charge in [0, 0.05) is 18.3 Å².